The van der Waals surface area contributed by atoms with Gasteiger partial charge in [-0.25, -0.2) is 0 Å². The third kappa shape index (κ3) is 20.5. The molecule has 47 heavy (non-hydrogen) atoms. The Balaban J connectivity index is 0.000000328. The molecule has 3 rings (SSSR count). The lowest BCUT2D eigenvalue weighted by atomic mass is 9.95. The van der Waals surface area contributed by atoms with Gasteiger partial charge < -0.3 is 20.4 Å². The molecule has 0 aromatic heterocycles. The molecule has 0 radical (unpaired) electrons. The minimum atomic E-state index is -0.0609. The molecule has 0 atom stereocenters. The molecular formula is C40H71N4O3+. The smallest absolute Gasteiger partial charge is 0.251 e. The van der Waals surface area contributed by atoms with Crippen molar-refractivity contribution >= 4 is 17.7 Å². The highest BCUT2D eigenvalue weighted by atomic mass is 16.2. The average Bonchev–Trinajstić information content (AvgIpc) is 3.06. The van der Waals surface area contributed by atoms with Gasteiger partial charge in [0.1, 0.15) is 0 Å². The van der Waals surface area contributed by atoms with Crippen LogP contribution >= 0.6 is 0 Å². The van der Waals surface area contributed by atoms with Crippen molar-refractivity contribution in [2.75, 3.05) is 34.2 Å². The van der Waals surface area contributed by atoms with Gasteiger partial charge in [-0.15, -0.1) is 0 Å². The summed E-state index contributed by atoms with van der Waals surface area (Å²) in [5.41, 5.74) is 1.16. The van der Waals surface area contributed by atoms with Crippen LogP contribution in [0.15, 0.2) is 24.3 Å². The Kier molecular flexibility index (Phi) is 21.4. The Labute approximate surface area is 288 Å². The summed E-state index contributed by atoms with van der Waals surface area (Å²) >= 11 is 0. The molecular weight excluding hydrogens is 584 g/mol. The number of nitrogens with zero attached hydrogens (tertiary/aromatic N) is 1. The molecule has 7 heteroatoms. The summed E-state index contributed by atoms with van der Waals surface area (Å²) in [5, 5.41) is 9.27. The molecule has 1 aromatic rings. The van der Waals surface area contributed by atoms with E-state index >= 15 is 0 Å². The van der Waals surface area contributed by atoms with Gasteiger partial charge in [-0.1, -0.05) is 116 Å². The maximum atomic E-state index is 12.4. The lowest BCUT2D eigenvalue weighted by molar-refractivity contribution is -0.870. The van der Waals surface area contributed by atoms with Crippen LogP contribution in [0.2, 0.25) is 0 Å². The molecule has 0 saturated heterocycles. The van der Waals surface area contributed by atoms with Gasteiger partial charge in [0, 0.05) is 42.6 Å². The zero-order valence-electron chi connectivity index (χ0n) is 30.8. The highest BCUT2D eigenvalue weighted by Crippen LogP contribution is 2.20. The third-order valence-corrected chi connectivity index (χ3v) is 9.60. The number of benzene rings is 1. The summed E-state index contributed by atoms with van der Waals surface area (Å²) < 4.78 is 0.967. The van der Waals surface area contributed by atoms with Crippen molar-refractivity contribution in [2.24, 2.45) is 0 Å². The number of carbonyl (C=O) groups is 3. The SMILES string of the molecule is CCCCCCCCCCCCCC(=O)NCCC[N+](C)(C)C.O=C(NC1CCCCC1)c1cccc(C(=O)NC2CCCCC2)c1. The molecule has 1 aromatic carbocycles. The van der Waals surface area contributed by atoms with Crippen LogP contribution in [0.1, 0.15) is 175 Å². The Bertz CT molecular complexity index is 946. The molecule has 7 nitrogen and oxygen atoms in total. The molecule has 0 spiro atoms. The van der Waals surface area contributed by atoms with Gasteiger partial charge in [-0.2, -0.15) is 0 Å². The number of quaternary nitrogens is 1. The summed E-state index contributed by atoms with van der Waals surface area (Å²) in [6.07, 6.45) is 28.0. The molecule has 2 fully saturated rings. The second kappa shape index (κ2) is 24.7. The molecule has 2 aliphatic carbocycles. The van der Waals surface area contributed by atoms with Crippen LogP contribution < -0.4 is 16.0 Å². The molecule has 0 heterocycles. The predicted molar refractivity (Wildman–Crippen MR) is 197 cm³/mol. The van der Waals surface area contributed by atoms with Crippen molar-refractivity contribution in [3.63, 3.8) is 0 Å². The number of nitrogens with one attached hydrogen (secondary N) is 3. The van der Waals surface area contributed by atoms with E-state index in [2.05, 4.69) is 44.0 Å². The van der Waals surface area contributed by atoms with E-state index in [0.29, 0.717) is 17.5 Å². The van der Waals surface area contributed by atoms with E-state index in [-0.39, 0.29) is 29.8 Å². The second-order valence-corrected chi connectivity index (χ2v) is 15.2. The van der Waals surface area contributed by atoms with Crippen molar-refractivity contribution < 1.29 is 18.9 Å². The highest BCUT2D eigenvalue weighted by molar-refractivity contribution is 5.99. The van der Waals surface area contributed by atoms with Gasteiger partial charge in [0.2, 0.25) is 5.91 Å². The van der Waals surface area contributed by atoms with E-state index in [1.165, 1.54) is 103 Å². The van der Waals surface area contributed by atoms with Gasteiger partial charge in [0.25, 0.3) is 11.8 Å². The minimum absolute atomic E-state index is 0.0609. The van der Waals surface area contributed by atoms with Crippen LogP contribution in [-0.4, -0.2) is 68.5 Å². The first-order valence-corrected chi connectivity index (χ1v) is 19.5. The van der Waals surface area contributed by atoms with Gasteiger partial charge in [0.05, 0.1) is 27.7 Å². The Hall–Kier alpha value is -2.41. The van der Waals surface area contributed by atoms with Crippen LogP contribution in [0, 0.1) is 0 Å². The van der Waals surface area contributed by atoms with Gasteiger partial charge in [-0.05, 0) is 50.3 Å². The molecule has 0 unspecified atom stereocenters. The fraction of sp³-hybridized carbons (Fsp3) is 0.775. The maximum absolute atomic E-state index is 12.4. The fourth-order valence-electron chi connectivity index (χ4n) is 6.65. The van der Waals surface area contributed by atoms with E-state index in [9.17, 15) is 14.4 Å². The van der Waals surface area contributed by atoms with Gasteiger partial charge in [0.15, 0.2) is 0 Å². The Morgan fingerprint density at radius 2 is 1.09 bits per heavy atom. The molecule has 268 valence electrons. The minimum Gasteiger partial charge on any atom is -0.356 e. The fourth-order valence-corrected chi connectivity index (χ4v) is 6.65. The van der Waals surface area contributed by atoms with E-state index < -0.39 is 0 Å². The van der Waals surface area contributed by atoms with Crippen LogP contribution in [0.4, 0.5) is 0 Å². The maximum Gasteiger partial charge on any atom is 0.251 e. The van der Waals surface area contributed by atoms with E-state index in [0.717, 1.165) is 56.1 Å². The number of carbonyl (C=O) groups excluding carboxylic acids is 3. The van der Waals surface area contributed by atoms with Crippen LogP contribution in [0.25, 0.3) is 0 Å². The number of hydrogen-bond acceptors (Lipinski definition) is 3. The van der Waals surface area contributed by atoms with Crippen molar-refractivity contribution in [1.29, 1.82) is 0 Å². The summed E-state index contributed by atoms with van der Waals surface area (Å²) in [6, 6.07) is 7.66. The van der Waals surface area contributed by atoms with Crippen molar-refractivity contribution in [3.05, 3.63) is 35.4 Å². The predicted octanol–water partition coefficient (Wildman–Crippen LogP) is 8.71. The van der Waals surface area contributed by atoms with Crippen molar-refractivity contribution in [1.82, 2.24) is 16.0 Å². The first-order chi connectivity index (χ1) is 22.7. The molecule has 0 bridgehead atoms. The molecule has 3 amide bonds. The van der Waals surface area contributed by atoms with Crippen LogP contribution in [-0.2, 0) is 4.79 Å². The number of rotatable bonds is 20. The molecule has 2 saturated carbocycles. The van der Waals surface area contributed by atoms with Crippen LogP contribution in [0.5, 0.6) is 0 Å². The molecule has 3 N–H and O–H groups in total. The molecule has 0 aliphatic heterocycles. The monoisotopic (exact) mass is 656 g/mol. The number of unbranched alkanes of at least 4 members (excludes halogenated alkanes) is 10. The Morgan fingerprint density at radius 3 is 1.53 bits per heavy atom. The summed E-state index contributed by atoms with van der Waals surface area (Å²) in [4.78, 5) is 36.6. The highest BCUT2D eigenvalue weighted by Gasteiger charge is 2.19. The first-order valence-electron chi connectivity index (χ1n) is 19.5. The zero-order chi connectivity index (χ0) is 34.2. The second-order valence-electron chi connectivity index (χ2n) is 15.2. The van der Waals surface area contributed by atoms with Crippen LogP contribution in [0.3, 0.4) is 0 Å². The number of amides is 3. The largest absolute Gasteiger partial charge is 0.356 e. The van der Waals surface area contributed by atoms with E-state index in [4.69, 9.17) is 0 Å². The van der Waals surface area contributed by atoms with Gasteiger partial charge >= 0.3 is 0 Å². The summed E-state index contributed by atoms with van der Waals surface area (Å²) in [5.74, 6) is 0.116. The van der Waals surface area contributed by atoms with Gasteiger partial charge in [-0.3, -0.25) is 14.4 Å². The zero-order valence-corrected chi connectivity index (χ0v) is 30.8. The van der Waals surface area contributed by atoms with E-state index in [1.807, 2.05) is 0 Å². The normalized spacial score (nSPS) is 15.7. The number of hydrogen-bond donors (Lipinski definition) is 3. The summed E-state index contributed by atoms with van der Waals surface area (Å²) in [6.45, 7) is 4.20. The molecule has 2 aliphatic rings. The van der Waals surface area contributed by atoms with Crippen molar-refractivity contribution in [3.8, 4) is 0 Å². The van der Waals surface area contributed by atoms with Crippen molar-refractivity contribution in [2.45, 2.75) is 167 Å². The third-order valence-electron chi connectivity index (χ3n) is 9.60. The lowest BCUT2D eigenvalue weighted by Crippen LogP contribution is -2.37. The quantitative estimate of drug-likeness (QED) is 0.0970. The Morgan fingerprint density at radius 1 is 0.638 bits per heavy atom. The summed E-state index contributed by atoms with van der Waals surface area (Å²) in [7, 11) is 6.56. The first kappa shape index (κ1) is 40.8. The standard InChI is InChI=1S/C20H28N2O2.C20H42N2O/c23-19(21-17-10-3-1-4-11-17)15-8-7-9-16(14-15)20(24)22-18-12-5-2-6-13-18;1-5-6-7-8-9-10-11-12-13-14-15-17-20(23)21-18-16-19-22(2,3)4/h7-9,14,17-18H,1-6,10-13H2,(H,21,23)(H,22,24);5-19H2,1-4H3/p+1. The lowest BCUT2D eigenvalue weighted by Gasteiger charge is -2.23. The van der Waals surface area contributed by atoms with E-state index in [1.54, 1.807) is 24.3 Å². The average molecular weight is 656 g/mol. The topological polar surface area (TPSA) is 87.3 Å².